The first-order chi connectivity index (χ1) is 4.59. The number of rotatable bonds is 3. The third-order valence-electron chi connectivity index (χ3n) is 1.09. The Morgan fingerprint density at radius 1 is 1.40 bits per heavy atom. The van der Waals surface area contributed by atoms with E-state index < -0.39 is 5.91 Å². The van der Waals surface area contributed by atoms with E-state index in [0.717, 1.165) is 0 Å². The van der Waals surface area contributed by atoms with Crippen LogP contribution in [0.15, 0.2) is 0 Å². The van der Waals surface area contributed by atoms with Crippen molar-refractivity contribution in [2.75, 3.05) is 6.54 Å². The molecule has 0 aromatic rings. The first-order valence-corrected chi connectivity index (χ1v) is 3.41. The maximum atomic E-state index is 10.8. The van der Waals surface area contributed by atoms with Gasteiger partial charge in [0.15, 0.2) is 0 Å². The van der Waals surface area contributed by atoms with Gasteiger partial charge in [-0.05, 0) is 6.92 Å². The first-order valence-electron chi connectivity index (χ1n) is 3.41. The summed E-state index contributed by atoms with van der Waals surface area (Å²) >= 11 is 0. The largest absolute Gasteiger partial charge is 0.350 e. The molecule has 0 saturated heterocycles. The minimum atomic E-state index is -0.475. The summed E-state index contributed by atoms with van der Waals surface area (Å²) in [5, 5.41) is 2.44. The molecule has 0 aromatic heterocycles. The van der Waals surface area contributed by atoms with E-state index in [9.17, 15) is 9.59 Å². The van der Waals surface area contributed by atoms with E-state index in [-0.39, 0.29) is 11.7 Å². The summed E-state index contributed by atoms with van der Waals surface area (Å²) in [4.78, 5) is 21.5. The van der Waals surface area contributed by atoms with Gasteiger partial charge in [0.1, 0.15) is 0 Å². The van der Waals surface area contributed by atoms with Gasteiger partial charge in [-0.2, -0.15) is 0 Å². The van der Waals surface area contributed by atoms with Gasteiger partial charge in [-0.25, -0.2) is 0 Å². The van der Waals surface area contributed by atoms with E-state index in [1.54, 1.807) is 20.8 Å². The molecule has 1 N–H and O–H groups in total. The molecule has 0 bridgehead atoms. The molecule has 0 aliphatic heterocycles. The van der Waals surface area contributed by atoms with Crippen molar-refractivity contribution >= 4 is 11.7 Å². The average molecular weight is 143 g/mol. The molecule has 10 heavy (non-hydrogen) atoms. The Morgan fingerprint density at radius 2 is 1.90 bits per heavy atom. The minimum Gasteiger partial charge on any atom is -0.350 e. The zero-order valence-corrected chi connectivity index (χ0v) is 6.60. The molecule has 3 heteroatoms. The molecule has 0 unspecified atom stereocenters. The zero-order valence-electron chi connectivity index (χ0n) is 6.60. The molecule has 58 valence electrons. The van der Waals surface area contributed by atoms with Gasteiger partial charge < -0.3 is 5.32 Å². The van der Waals surface area contributed by atoms with Gasteiger partial charge in [-0.3, -0.25) is 9.59 Å². The molecule has 0 atom stereocenters. The molecular formula is C7H13NO2. The van der Waals surface area contributed by atoms with Crippen molar-refractivity contribution in [3.05, 3.63) is 0 Å². The highest BCUT2D eigenvalue weighted by molar-refractivity contribution is 6.36. The van der Waals surface area contributed by atoms with Gasteiger partial charge in [-0.15, -0.1) is 0 Å². The minimum absolute atomic E-state index is 0.202. The summed E-state index contributed by atoms with van der Waals surface area (Å²) in [6.07, 6.45) is 0. The second-order valence-electron chi connectivity index (χ2n) is 2.38. The third-order valence-corrected chi connectivity index (χ3v) is 1.09. The number of nitrogens with one attached hydrogen (secondary N) is 1. The maximum Gasteiger partial charge on any atom is 0.287 e. The number of Topliss-reactive ketones (excluding diaryl/α,β-unsaturated/α-hetero) is 1. The summed E-state index contributed by atoms with van der Waals surface area (Å²) in [7, 11) is 0. The monoisotopic (exact) mass is 143 g/mol. The van der Waals surface area contributed by atoms with Crippen molar-refractivity contribution in [2.24, 2.45) is 5.92 Å². The highest BCUT2D eigenvalue weighted by Gasteiger charge is 2.15. The summed E-state index contributed by atoms with van der Waals surface area (Å²) in [5.41, 5.74) is 0. The van der Waals surface area contributed by atoms with Crippen LogP contribution in [0.1, 0.15) is 20.8 Å². The maximum absolute atomic E-state index is 10.8. The number of carbonyl (C=O) groups excluding carboxylic acids is 2. The van der Waals surface area contributed by atoms with Crippen molar-refractivity contribution in [1.82, 2.24) is 5.32 Å². The topological polar surface area (TPSA) is 46.2 Å². The van der Waals surface area contributed by atoms with E-state index in [1.165, 1.54) is 0 Å². The van der Waals surface area contributed by atoms with Crippen molar-refractivity contribution in [1.29, 1.82) is 0 Å². The highest BCUT2D eigenvalue weighted by atomic mass is 16.2. The fourth-order valence-corrected chi connectivity index (χ4v) is 0.510. The molecule has 3 nitrogen and oxygen atoms in total. The number of likely N-dealkylation sites (N-methyl/N-ethyl adjacent to an activating group) is 1. The van der Waals surface area contributed by atoms with Crippen molar-refractivity contribution in [2.45, 2.75) is 20.8 Å². The van der Waals surface area contributed by atoms with Gasteiger partial charge in [0.05, 0.1) is 0 Å². The Bertz CT molecular complexity index is 141. The van der Waals surface area contributed by atoms with Crippen LogP contribution in [0.4, 0.5) is 0 Å². The average Bonchev–Trinajstić information content (AvgIpc) is 1.87. The van der Waals surface area contributed by atoms with Crippen LogP contribution >= 0.6 is 0 Å². The molecular weight excluding hydrogens is 130 g/mol. The van der Waals surface area contributed by atoms with E-state index in [0.29, 0.717) is 6.54 Å². The van der Waals surface area contributed by atoms with Crippen molar-refractivity contribution in [3.63, 3.8) is 0 Å². The Morgan fingerprint density at radius 3 is 2.20 bits per heavy atom. The van der Waals surface area contributed by atoms with E-state index >= 15 is 0 Å². The summed E-state index contributed by atoms with van der Waals surface area (Å²) in [5.74, 6) is -1.02. The fourth-order valence-electron chi connectivity index (χ4n) is 0.510. The lowest BCUT2D eigenvalue weighted by atomic mass is 10.1. The predicted octanol–water partition coefficient (Wildman–Crippen LogP) is 0.348. The van der Waals surface area contributed by atoms with Crippen molar-refractivity contribution in [3.8, 4) is 0 Å². The Hall–Kier alpha value is -0.860. The van der Waals surface area contributed by atoms with Crippen LogP contribution in [0.5, 0.6) is 0 Å². The molecule has 0 fully saturated rings. The van der Waals surface area contributed by atoms with Crippen LogP contribution in [-0.2, 0) is 9.59 Å². The first kappa shape index (κ1) is 9.14. The van der Waals surface area contributed by atoms with Crippen LogP contribution in [0.2, 0.25) is 0 Å². The third kappa shape index (κ3) is 2.62. The molecule has 0 spiro atoms. The number of carbonyl (C=O) groups is 2. The summed E-state index contributed by atoms with van der Waals surface area (Å²) in [6, 6.07) is 0. The molecule has 1 amide bonds. The van der Waals surface area contributed by atoms with Gasteiger partial charge in [0, 0.05) is 12.5 Å². The molecule has 0 heterocycles. The lowest BCUT2D eigenvalue weighted by Crippen LogP contribution is -2.33. The van der Waals surface area contributed by atoms with Gasteiger partial charge in [0.25, 0.3) is 5.91 Å². The standard InChI is InChI=1S/C7H13NO2/c1-4-8-7(10)6(9)5(2)3/h5H,4H2,1-3H3,(H,8,10). The molecule has 0 radical (unpaired) electrons. The zero-order chi connectivity index (χ0) is 8.15. The normalized spacial score (nSPS) is 9.60. The van der Waals surface area contributed by atoms with Gasteiger partial charge in [0.2, 0.25) is 5.78 Å². The molecule has 0 aliphatic rings. The smallest absolute Gasteiger partial charge is 0.287 e. The molecule has 0 rings (SSSR count). The fraction of sp³-hybridized carbons (Fsp3) is 0.714. The Labute approximate surface area is 60.8 Å². The van der Waals surface area contributed by atoms with Crippen molar-refractivity contribution < 1.29 is 9.59 Å². The van der Waals surface area contributed by atoms with Crippen LogP contribution in [0, 0.1) is 5.92 Å². The lowest BCUT2D eigenvalue weighted by Gasteiger charge is -2.02. The van der Waals surface area contributed by atoms with Gasteiger partial charge in [-0.1, -0.05) is 13.8 Å². The van der Waals surface area contributed by atoms with Gasteiger partial charge >= 0.3 is 0 Å². The predicted molar refractivity (Wildman–Crippen MR) is 38.5 cm³/mol. The second kappa shape index (κ2) is 4.04. The highest BCUT2D eigenvalue weighted by Crippen LogP contribution is 1.92. The van der Waals surface area contributed by atoms with Crippen LogP contribution in [-0.4, -0.2) is 18.2 Å². The number of amides is 1. The Balaban J connectivity index is 3.83. The number of hydrogen-bond donors (Lipinski definition) is 1. The van der Waals surface area contributed by atoms with Crippen LogP contribution in [0.3, 0.4) is 0 Å². The molecule has 0 aromatic carbocycles. The number of ketones is 1. The number of hydrogen-bond acceptors (Lipinski definition) is 2. The summed E-state index contributed by atoms with van der Waals surface area (Å²) in [6.45, 7) is 5.71. The molecule has 0 aliphatic carbocycles. The van der Waals surface area contributed by atoms with E-state index in [1.807, 2.05) is 0 Å². The van der Waals surface area contributed by atoms with E-state index in [4.69, 9.17) is 0 Å². The van der Waals surface area contributed by atoms with Crippen LogP contribution < -0.4 is 5.32 Å². The Kier molecular flexibility index (Phi) is 3.69. The summed E-state index contributed by atoms with van der Waals surface area (Å²) < 4.78 is 0. The second-order valence-corrected chi connectivity index (χ2v) is 2.38. The lowest BCUT2D eigenvalue weighted by molar-refractivity contribution is -0.139. The van der Waals surface area contributed by atoms with E-state index in [2.05, 4.69) is 5.32 Å². The SMILES string of the molecule is CCNC(=O)C(=O)C(C)C. The molecule has 0 saturated carbocycles. The van der Waals surface area contributed by atoms with Crippen LogP contribution in [0.25, 0.3) is 0 Å². The quantitative estimate of drug-likeness (QED) is 0.579.